The van der Waals surface area contributed by atoms with Crippen LogP contribution >= 0.6 is 0 Å². The number of furan rings is 1. The van der Waals surface area contributed by atoms with Gasteiger partial charge in [-0.2, -0.15) is 0 Å². The summed E-state index contributed by atoms with van der Waals surface area (Å²) in [5.41, 5.74) is 0. The molecule has 3 heterocycles. The minimum Gasteiger partial charge on any atom is -0.459 e. The maximum absolute atomic E-state index is 13.2. The van der Waals surface area contributed by atoms with Gasteiger partial charge in [0.25, 0.3) is 5.91 Å². The highest BCUT2D eigenvalue weighted by Crippen LogP contribution is 2.31. The predicted molar refractivity (Wildman–Crippen MR) is 117 cm³/mol. The summed E-state index contributed by atoms with van der Waals surface area (Å²) in [5.74, 6) is 0.916. The number of piperazine rings is 1. The summed E-state index contributed by atoms with van der Waals surface area (Å²) in [6, 6.07) is 3.37. The zero-order valence-electron chi connectivity index (χ0n) is 18.5. The van der Waals surface area contributed by atoms with Crippen LogP contribution in [0.15, 0.2) is 22.8 Å². The van der Waals surface area contributed by atoms with E-state index in [-0.39, 0.29) is 17.9 Å². The SMILES string of the molecule is O=C(NCCCN1CCOCC1)C(C1CCCC1)N1CCN(C(=O)c2ccco2)CC1. The largest absolute Gasteiger partial charge is 0.459 e. The number of nitrogens with zero attached hydrogens (tertiary/aromatic N) is 3. The first-order valence-corrected chi connectivity index (χ1v) is 11.9. The highest BCUT2D eigenvalue weighted by molar-refractivity contribution is 5.91. The fourth-order valence-electron chi connectivity index (χ4n) is 5.15. The Kier molecular flexibility index (Phi) is 7.99. The Bertz CT molecular complexity index is 690. The van der Waals surface area contributed by atoms with E-state index in [0.717, 1.165) is 71.7 Å². The first-order chi connectivity index (χ1) is 15.2. The number of rotatable bonds is 8. The standard InChI is InChI=1S/C23H36N4O4/c28-22(24-8-4-9-25-14-17-30-18-15-25)21(19-5-1-2-6-19)26-10-12-27(13-11-26)23(29)20-7-3-16-31-20/h3,7,16,19,21H,1-2,4-6,8-15,17-18H2,(H,24,28). The molecule has 4 rings (SSSR count). The molecule has 0 bridgehead atoms. The third-order valence-electron chi connectivity index (χ3n) is 6.90. The third-order valence-corrected chi connectivity index (χ3v) is 6.90. The first-order valence-electron chi connectivity index (χ1n) is 11.9. The van der Waals surface area contributed by atoms with Crippen LogP contribution in [0, 0.1) is 5.92 Å². The van der Waals surface area contributed by atoms with Gasteiger partial charge >= 0.3 is 0 Å². The van der Waals surface area contributed by atoms with Crippen LogP contribution in [0.25, 0.3) is 0 Å². The lowest BCUT2D eigenvalue weighted by molar-refractivity contribution is -0.129. The van der Waals surface area contributed by atoms with Gasteiger partial charge in [-0.15, -0.1) is 0 Å². The van der Waals surface area contributed by atoms with Crippen LogP contribution in [-0.4, -0.2) is 98.1 Å². The molecule has 1 unspecified atom stereocenters. The summed E-state index contributed by atoms with van der Waals surface area (Å²) >= 11 is 0. The van der Waals surface area contributed by atoms with Gasteiger partial charge in [0, 0.05) is 45.8 Å². The van der Waals surface area contributed by atoms with Crippen molar-refractivity contribution in [1.29, 1.82) is 0 Å². The van der Waals surface area contributed by atoms with Crippen molar-refractivity contribution in [2.24, 2.45) is 5.92 Å². The van der Waals surface area contributed by atoms with E-state index in [4.69, 9.17) is 9.15 Å². The van der Waals surface area contributed by atoms with Crippen LogP contribution < -0.4 is 5.32 Å². The molecule has 1 atom stereocenters. The molecule has 8 heteroatoms. The average molecular weight is 433 g/mol. The van der Waals surface area contributed by atoms with E-state index >= 15 is 0 Å². The molecule has 2 aliphatic heterocycles. The van der Waals surface area contributed by atoms with Crippen LogP contribution in [0.3, 0.4) is 0 Å². The Morgan fingerprint density at radius 2 is 1.81 bits per heavy atom. The molecule has 3 aliphatic rings. The Balaban J connectivity index is 1.27. The Morgan fingerprint density at radius 1 is 1.06 bits per heavy atom. The second-order valence-corrected chi connectivity index (χ2v) is 8.89. The van der Waals surface area contributed by atoms with Crippen LogP contribution in [0.4, 0.5) is 0 Å². The maximum Gasteiger partial charge on any atom is 0.289 e. The van der Waals surface area contributed by atoms with Crippen LogP contribution in [0.5, 0.6) is 0 Å². The smallest absolute Gasteiger partial charge is 0.289 e. The number of hydrogen-bond donors (Lipinski definition) is 1. The summed E-state index contributed by atoms with van der Waals surface area (Å²) in [5, 5.41) is 3.22. The maximum atomic E-state index is 13.2. The van der Waals surface area contributed by atoms with Gasteiger partial charge in [-0.3, -0.25) is 19.4 Å². The van der Waals surface area contributed by atoms with E-state index in [2.05, 4.69) is 15.1 Å². The van der Waals surface area contributed by atoms with Crippen LogP contribution in [-0.2, 0) is 9.53 Å². The summed E-state index contributed by atoms with van der Waals surface area (Å²) in [7, 11) is 0. The van der Waals surface area contributed by atoms with Gasteiger partial charge in [0.2, 0.25) is 5.91 Å². The summed E-state index contributed by atoms with van der Waals surface area (Å²) < 4.78 is 10.7. The second-order valence-electron chi connectivity index (χ2n) is 8.89. The highest BCUT2D eigenvalue weighted by Gasteiger charge is 2.37. The van der Waals surface area contributed by atoms with Crippen LogP contribution in [0.2, 0.25) is 0 Å². The Labute approximate surface area is 184 Å². The van der Waals surface area contributed by atoms with Gasteiger partial charge in [-0.05, 0) is 43.9 Å². The molecule has 0 spiro atoms. The molecule has 31 heavy (non-hydrogen) atoms. The Morgan fingerprint density at radius 3 is 2.48 bits per heavy atom. The van der Waals surface area contributed by atoms with Crippen molar-refractivity contribution in [1.82, 2.24) is 20.0 Å². The third kappa shape index (κ3) is 5.87. The lowest BCUT2D eigenvalue weighted by Crippen LogP contribution is -2.58. The van der Waals surface area contributed by atoms with Gasteiger partial charge in [0.15, 0.2) is 5.76 Å². The molecule has 3 fully saturated rings. The summed E-state index contributed by atoms with van der Waals surface area (Å²) in [6.45, 7) is 8.04. The lowest BCUT2D eigenvalue weighted by Gasteiger charge is -2.40. The number of nitrogens with one attached hydrogen (secondary N) is 1. The normalized spacial score (nSPS) is 22.5. The van der Waals surface area contributed by atoms with Gasteiger partial charge in [0.05, 0.1) is 25.5 Å². The zero-order chi connectivity index (χ0) is 21.5. The lowest BCUT2D eigenvalue weighted by atomic mass is 9.95. The predicted octanol–water partition coefficient (Wildman–Crippen LogP) is 1.43. The molecule has 2 amide bonds. The number of hydrogen-bond acceptors (Lipinski definition) is 6. The average Bonchev–Trinajstić information content (AvgIpc) is 3.52. The first kappa shape index (κ1) is 22.3. The van der Waals surface area contributed by atoms with E-state index in [1.54, 1.807) is 12.1 Å². The quantitative estimate of drug-likeness (QED) is 0.627. The summed E-state index contributed by atoms with van der Waals surface area (Å²) in [6.07, 6.45) is 7.16. The van der Waals surface area contributed by atoms with E-state index < -0.39 is 0 Å². The number of ether oxygens (including phenoxy) is 1. The number of carbonyl (C=O) groups is 2. The fourth-order valence-corrected chi connectivity index (χ4v) is 5.15. The van der Waals surface area contributed by atoms with Crippen molar-refractivity contribution in [3.63, 3.8) is 0 Å². The molecule has 0 aromatic carbocycles. The van der Waals surface area contributed by atoms with Gasteiger partial charge in [-0.25, -0.2) is 0 Å². The molecule has 1 aromatic rings. The van der Waals surface area contributed by atoms with E-state index in [1.807, 2.05) is 4.90 Å². The molecule has 0 radical (unpaired) electrons. The number of morpholine rings is 1. The van der Waals surface area contributed by atoms with Gasteiger partial charge < -0.3 is 19.4 Å². The van der Waals surface area contributed by atoms with Crippen molar-refractivity contribution < 1.29 is 18.7 Å². The molecule has 1 aromatic heterocycles. The van der Waals surface area contributed by atoms with Crippen molar-refractivity contribution in [2.45, 2.75) is 38.1 Å². The molecule has 2 saturated heterocycles. The second kappa shape index (κ2) is 11.1. The van der Waals surface area contributed by atoms with E-state index in [0.29, 0.717) is 24.8 Å². The Hall–Kier alpha value is -1.90. The van der Waals surface area contributed by atoms with Crippen LogP contribution in [0.1, 0.15) is 42.7 Å². The minimum atomic E-state index is -0.0771. The molecule has 172 valence electrons. The molecular formula is C23H36N4O4. The van der Waals surface area contributed by atoms with E-state index in [9.17, 15) is 9.59 Å². The van der Waals surface area contributed by atoms with Crippen molar-refractivity contribution in [2.75, 3.05) is 65.6 Å². The monoisotopic (exact) mass is 432 g/mol. The van der Waals surface area contributed by atoms with Crippen molar-refractivity contribution >= 4 is 11.8 Å². The number of amides is 2. The van der Waals surface area contributed by atoms with E-state index in [1.165, 1.54) is 19.1 Å². The van der Waals surface area contributed by atoms with Crippen molar-refractivity contribution in [3.8, 4) is 0 Å². The number of carbonyl (C=O) groups excluding carboxylic acids is 2. The molecule has 1 aliphatic carbocycles. The fraction of sp³-hybridized carbons (Fsp3) is 0.739. The molecular weight excluding hydrogens is 396 g/mol. The highest BCUT2D eigenvalue weighted by atomic mass is 16.5. The molecule has 8 nitrogen and oxygen atoms in total. The summed E-state index contributed by atoms with van der Waals surface area (Å²) in [4.78, 5) is 32.3. The topological polar surface area (TPSA) is 78.3 Å². The van der Waals surface area contributed by atoms with Gasteiger partial charge in [0.1, 0.15) is 0 Å². The van der Waals surface area contributed by atoms with Crippen molar-refractivity contribution in [3.05, 3.63) is 24.2 Å². The van der Waals surface area contributed by atoms with Gasteiger partial charge in [-0.1, -0.05) is 12.8 Å². The molecule has 1 N–H and O–H groups in total. The molecule has 1 saturated carbocycles. The minimum absolute atomic E-state index is 0.0605. The zero-order valence-corrected chi connectivity index (χ0v) is 18.5.